The molecule has 144 valence electrons. The molecule has 4 aromatic rings. The number of para-hydroxylation sites is 1. The number of rotatable bonds is 3. The monoisotopic (exact) mass is 401 g/mol. The van der Waals surface area contributed by atoms with Crippen molar-refractivity contribution in [1.29, 1.82) is 0 Å². The minimum atomic E-state index is -0.0357. The summed E-state index contributed by atoms with van der Waals surface area (Å²) in [5, 5.41) is 2.68. The van der Waals surface area contributed by atoms with Crippen molar-refractivity contribution in [2.24, 2.45) is 0 Å². The molecule has 5 rings (SSSR count). The van der Waals surface area contributed by atoms with Crippen molar-refractivity contribution < 1.29 is 4.74 Å². The second-order valence-corrected chi connectivity index (χ2v) is 7.93. The Morgan fingerprint density at radius 3 is 2.79 bits per heavy atom. The van der Waals surface area contributed by atoms with Crippen LogP contribution in [0.2, 0.25) is 0 Å². The summed E-state index contributed by atoms with van der Waals surface area (Å²) in [4.78, 5) is 22.3. The normalized spacial score (nSPS) is 12.7. The molecule has 0 radical (unpaired) electrons. The Morgan fingerprint density at radius 2 is 2.00 bits per heavy atom. The zero-order valence-electron chi connectivity index (χ0n) is 16.0. The maximum atomic E-state index is 13.4. The third kappa shape index (κ3) is 3.25. The zero-order chi connectivity index (χ0) is 19.8. The Balaban J connectivity index is 1.79. The predicted octanol–water partition coefficient (Wildman–Crippen LogP) is 5.08. The van der Waals surface area contributed by atoms with Crippen LogP contribution in [0.4, 0.5) is 0 Å². The van der Waals surface area contributed by atoms with Gasteiger partial charge in [0.25, 0.3) is 5.56 Å². The summed E-state index contributed by atoms with van der Waals surface area (Å²) in [6.07, 6.45) is 5.42. The van der Waals surface area contributed by atoms with Gasteiger partial charge in [-0.25, -0.2) is 4.98 Å². The van der Waals surface area contributed by atoms with Crippen molar-refractivity contribution in [1.82, 2.24) is 14.5 Å². The largest absolute Gasteiger partial charge is 0.455 e. The maximum Gasteiger partial charge on any atom is 0.261 e. The molecule has 0 N–H and O–H groups in total. The van der Waals surface area contributed by atoms with Crippen molar-refractivity contribution in [3.8, 4) is 33.3 Å². The Morgan fingerprint density at radius 1 is 1.14 bits per heavy atom. The maximum absolute atomic E-state index is 13.4. The van der Waals surface area contributed by atoms with Crippen LogP contribution in [0.5, 0.6) is 11.5 Å². The molecule has 29 heavy (non-hydrogen) atoms. The Hall–Kier alpha value is -3.25. The first-order valence-corrected chi connectivity index (χ1v) is 10.4. The van der Waals surface area contributed by atoms with E-state index in [0.29, 0.717) is 17.9 Å². The lowest BCUT2D eigenvalue weighted by Gasteiger charge is -2.18. The molecule has 0 unspecified atom stereocenters. The lowest BCUT2D eigenvalue weighted by molar-refractivity contribution is 0.476. The first-order chi connectivity index (χ1) is 14.2. The molecule has 0 fully saturated rings. The van der Waals surface area contributed by atoms with Crippen LogP contribution >= 0.6 is 11.3 Å². The van der Waals surface area contributed by atoms with E-state index in [1.165, 1.54) is 16.9 Å². The fourth-order valence-electron chi connectivity index (χ4n) is 3.74. The van der Waals surface area contributed by atoms with Crippen LogP contribution in [-0.4, -0.2) is 14.5 Å². The SMILES string of the molecule is Cc1csc(-c2cc(Oc3ccccc3)c3n(c2=O)CCCc2ccncc2-3)n1. The van der Waals surface area contributed by atoms with Crippen LogP contribution < -0.4 is 10.3 Å². The third-order valence-electron chi connectivity index (χ3n) is 5.07. The van der Waals surface area contributed by atoms with Crippen molar-refractivity contribution in [2.75, 3.05) is 0 Å². The number of hydrogen-bond acceptors (Lipinski definition) is 5. The minimum absolute atomic E-state index is 0.0357. The highest BCUT2D eigenvalue weighted by atomic mass is 32.1. The van der Waals surface area contributed by atoms with Gasteiger partial charge in [0.05, 0.1) is 11.3 Å². The summed E-state index contributed by atoms with van der Waals surface area (Å²) >= 11 is 1.48. The summed E-state index contributed by atoms with van der Waals surface area (Å²) in [6, 6.07) is 13.5. The summed E-state index contributed by atoms with van der Waals surface area (Å²) in [7, 11) is 0. The molecule has 0 aliphatic carbocycles. The Kier molecular flexibility index (Phi) is 4.48. The lowest BCUT2D eigenvalue weighted by atomic mass is 10.0. The number of nitrogens with zero attached hydrogens (tertiary/aromatic N) is 3. The molecule has 0 atom stereocenters. The van der Waals surface area contributed by atoms with Crippen LogP contribution in [0.1, 0.15) is 17.7 Å². The van der Waals surface area contributed by atoms with Crippen LogP contribution in [0.25, 0.3) is 21.8 Å². The van der Waals surface area contributed by atoms with Gasteiger partial charge < -0.3 is 9.30 Å². The Bertz CT molecular complexity index is 1240. The highest BCUT2D eigenvalue weighted by Crippen LogP contribution is 2.38. The Labute approximate surface area is 172 Å². The van der Waals surface area contributed by atoms with E-state index in [-0.39, 0.29) is 5.56 Å². The third-order valence-corrected chi connectivity index (χ3v) is 6.06. The molecule has 0 spiro atoms. The summed E-state index contributed by atoms with van der Waals surface area (Å²) in [5.74, 6) is 1.37. The van der Waals surface area contributed by atoms with E-state index < -0.39 is 0 Å². The van der Waals surface area contributed by atoms with Gasteiger partial charge in [-0.3, -0.25) is 9.78 Å². The van der Waals surface area contributed by atoms with Gasteiger partial charge in [0.2, 0.25) is 0 Å². The highest BCUT2D eigenvalue weighted by Gasteiger charge is 2.24. The van der Waals surface area contributed by atoms with E-state index in [1.807, 2.05) is 65.5 Å². The van der Waals surface area contributed by atoms with E-state index in [4.69, 9.17) is 4.74 Å². The molecule has 0 saturated carbocycles. The number of aryl methyl sites for hydroxylation is 2. The number of ether oxygens (including phenoxy) is 1. The van der Waals surface area contributed by atoms with Crippen LogP contribution in [0.15, 0.2) is 65.0 Å². The summed E-state index contributed by atoms with van der Waals surface area (Å²) < 4.78 is 8.13. The van der Waals surface area contributed by atoms with Crippen LogP contribution in [0.3, 0.4) is 0 Å². The number of aromatic nitrogens is 3. The molecule has 6 heteroatoms. The molecule has 1 aliphatic rings. The van der Waals surface area contributed by atoms with Gasteiger partial charge in [0, 0.05) is 35.6 Å². The van der Waals surface area contributed by atoms with Gasteiger partial charge >= 0.3 is 0 Å². The summed E-state index contributed by atoms with van der Waals surface area (Å²) in [6.45, 7) is 2.57. The minimum Gasteiger partial charge on any atom is -0.455 e. The smallest absolute Gasteiger partial charge is 0.261 e. The zero-order valence-corrected chi connectivity index (χ0v) is 16.8. The van der Waals surface area contributed by atoms with Crippen LogP contribution in [0, 0.1) is 6.92 Å². The molecule has 1 aliphatic heterocycles. The van der Waals surface area contributed by atoms with E-state index in [9.17, 15) is 4.79 Å². The summed E-state index contributed by atoms with van der Waals surface area (Å²) in [5.41, 5.74) is 4.37. The average molecular weight is 401 g/mol. The number of pyridine rings is 2. The van der Waals surface area contributed by atoms with Crippen molar-refractivity contribution >= 4 is 11.3 Å². The molecule has 4 heterocycles. The van der Waals surface area contributed by atoms with Gasteiger partial charge in [-0.05, 0) is 49.6 Å². The lowest BCUT2D eigenvalue weighted by Crippen LogP contribution is -2.23. The number of benzene rings is 1. The fourth-order valence-corrected chi connectivity index (χ4v) is 4.54. The van der Waals surface area contributed by atoms with E-state index in [0.717, 1.165) is 40.6 Å². The highest BCUT2D eigenvalue weighted by molar-refractivity contribution is 7.13. The van der Waals surface area contributed by atoms with E-state index in [1.54, 1.807) is 6.20 Å². The molecule has 5 nitrogen and oxygen atoms in total. The molecular formula is C23H19N3O2S. The quantitative estimate of drug-likeness (QED) is 0.480. The molecular weight excluding hydrogens is 382 g/mol. The predicted molar refractivity (Wildman–Crippen MR) is 115 cm³/mol. The van der Waals surface area contributed by atoms with Gasteiger partial charge in [-0.1, -0.05) is 18.2 Å². The fraction of sp³-hybridized carbons (Fsp3) is 0.174. The number of hydrogen-bond donors (Lipinski definition) is 0. The second-order valence-electron chi connectivity index (χ2n) is 7.07. The van der Waals surface area contributed by atoms with Crippen molar-refractivity contribution in [3.63, 3.8) is 0 Å². The van der Waals surface area contributed by atoms with Crippen molar-refractivity contribution in [3.05, 3.63) is 81.8 Å². The molecule has 1 aromatic carbocycles. The van der Waals surface area contributed by atoms with Gasteiger partial charge in [-0.15, -0.1) is 11.3 Å². The molecule has 0 bridgehead atoms. The van der Waals surface area contributed by atoms with Gasteiger partial charge in [-0.2, -0.15) is 0 Å². The van der Waals surface area contributed by atoms with E-state index >= 15 is 0 Å². The molecule has 0 amide bonds. The topological polar surface area (TPSA) is 57.0 Å². The number of fused-ring (bicyclic) bond motifs is 3. The number of thiazole rings is 1. The molecule has 3 aromatic heterocycles. The molecule has 0 saturated heterocycles. The van der Waals surface area contributed by atoms with Crippen molar-refractivity contribution in [2.45, 2.75) is 26.3 Å². The first kappa shape index (κ1) is 17.8. The average Bonchev–Trinajstić information content (AvgIpc) is 3.07. The van der Waals surface area contributed by atoms with Crippen LogP contribution in [-0.2, 0) is 13.0 Å². The second kappa shape index (κ2) is 7.29. The van der Waals surface area contributed by atoms with Gasteiger partial charge in [0.15, 0.2) is 5.75 Å². The first-order valence-electron chi connectivity index (χ1n) is 9.57. The van der Waals surface area contributed by atoms with E-state index in [2.05, 4.69) is 9.97 Å². The standard InChI is InChI=1S/C23H19N3O2S/c1-15-14-29-22(25-15)18-12-20(28-17-7-3-2-4-8-17)21-19-13-24-10-9-16(19)6-5-11-26(21)23(18)27/h2-4,7-10,12-14H,5-6,11H2,1H3. The van der Waals surface area contributed by atoms with Gasteiger partial charge in [0.1, 0.15) is 10.8 Å².